The van der Waals surface area contributed by atoms with Crippen molar-refractivity contribution in [1.82, 2.24) is 9.97 Å². The maximum atomic E-state index is 12.8. The molecule has 0 spiro atoms. The van der Waals surface area contributed by atoms with Gasteiger partial charge in [-0.1, -0.05) is 50.6 Å². The van der Waals surface area contributed by atoms with Gasteiger partial charge in [-0.25, -0.2) is 9.97 Å². The number of anilines is 2. The predicted octanol–water partition coefficient (Wildman–Crippen LogP) is 5.83. The summed E-state index contributed by atoms with van der Waals surface area (Å²) >= 11 is 0. The van der Waals surface area contributed by atoms with Crippen molar-refractivity contribution >= 4 is 36.4 Å². The number of nitrogens with zero attached hydrogens (tertiary/aromatic N) is 2. The maximum Gasteiger partial charge on any atom is 0.278 e. The Balaban J connectivity index is 0.00000199. The first-order valence-electron chi connectivity index (χ1n) is 11.3. The number of hydrogen-bond donors (Lipinski definition) is 2. The molecule has 2 aromatic carbocycles. The van der Waals surface area contributed by atoms with Gasteiger partial charge < -0.3 is 15.6 Å². The van der Waals surface area contributed by atoms with Crippen LogP contribution in [-0.2, 0) is 15.3 Å². The average Bonchev–Trinajstić information content (AvgIpc) is 2.86. The Hall–Kier alpha value is -2.67. The van der Waals surface area contributed by atoms with Gasteiger partial charge in [0.15, 0.2) is 11.5 Å². The normalized spacial score (nSPS) is 12.3. The van der Waals surface area contributed by atoms with Crippen LogP contribution in [0.25, 0.3) is 11.3 Å². The molecule has 1 heterocycles. The monoisotopic (exact) mass is 500 g/mol. The van der Waals surface area contributed by atoms with Gasteiger partial charge in [-0.05, 0) is 44.3 Å². The summed E-state index contributed by atoms with van der Waals surface area (Å²) < 4.78 is 18.3. The Kier molecular flexibility index (Phi) is 11.3. The van der Waals surface area contributed by atoms with E-state index < -0.39 is 24.9 Å². The van der Waals surface area contributed by atoms with Gasteiger partial charge in [0.25, 0.3) is 5.91 Å². The van der Waals surface area contributed by atoms with Gasteiger partial charge >= 0.3 is 0 Å². The van der Waals surface area contributed by atoms with E-state index in [2.05, 4.69) is 15.3 Å². The van der Waals surface area contributed by atoms with Crippen LogP contribution < -0.4 is 11.1 Å². The third kappa shape index (κ3) is 7.69. The standard InChI is InChI=1S/C23H27N4O3PS.C2H6/c1-4-30-31(5-2)15-32(29)19-12-10-18(11-13-19)26-23(28)21-22(24)25-14-20(27-21)17-8-6-16(3)7-9-17;1-2/h6-14H,4-5,15H2,1-3H3,(H2,24,25)(H,26,28);1-2H3/t31-,32?;/m0./s1. The summed E-state index contributed by atoms with van der Waals surface area (Å²) in [6, 6.07) is 14.7. The third-order valence-corrected chi connectivity index (χ3v) is 8.88. The molecule has 34 heavy (non-hydrogen) atoms. The molecule has 0 fully saturated rings. The van der Waals surface area contributed by atoms with E-state index in [1.54, 1.807) is 30.5 Å². The van der Waals surface area contributed by atoms with Crippen LogP contribution in [0.2, 0.25) is 0 Å². The highest BCUT2D eigenvalue weighted by Gasteiger charge is 2.16. The molecule has 0 radical (unpaired) electrons. The van der Waals surface area contributed by atoms with Crippen molar-refractivity contribution in [2.75, 3.05) is 29.3 Å². The van der Waals surface area contributed by atoms with Crippen LogP contribution in [0, 0.1) is 6.92 Å². The molecular formula is C25H33N4O3PS. The molecule has 1 aromatic heterocycles. The summed E-state index contributed by atoms with van der Waals surface area (Å²) in [6.45, 7) is 10.6. The number of benzene rings is 2. The molecule has 7 nitrogen and oxygen atoms in total. The Bertz CT molecular complexity index is 1090. The molecule has 3 rings (SSSR count). The number of rotatable bonds is 9. The molecule has 182 valence electrons. The van der Waals surface area contributed by atoms with E-state index in [-0.39, 0.29) is 11.5 Å². The Morgan fingerprint density at radius 2 is 1.74 bits per heavy atom. The molecule has 0 bridgehead atoms. The van der Waals surface area contributed by atoms with Crippen LogP contribution in [0.1, 0.15) is 43.7 Å². The quantitative estimate of drug-likeness (QED) is 0.358. The topological polar surface area (TPSA) is 107 Å². The Morgan fingerprint density at radius 3 is 2.32 bits per heavy atom. The first-order chi connectivity index (χ1) is 16.4. The van der Waals surface area contributed by atoms with Crippen LogP contribution in [0.5, 0.6) is 0 Å². The van der Waals surface area contributed by atoms with Crippen molar-refractivity contribution in [1.29, 1.82) is 0 Å². The predicted molar refractivity (Wildman–Crippen MR) is 143 cm³/mol. The smallest absolute Gasteiger partial charge is 0.278 e. The van der Waals surface area contributed by atoms with Gasteiger partial charge in [0.05, 0.1) is 28.2 Å². The number of aromatic nitrogens is 2. The first kappa shape index (κ1) is 27.6. The molecule has 1 unspecified atom stereocenters. The molecule has 3 N–H and O–H groups in total. The average molecular weight is 501 g/mol. The number of carbonyl (C=O) groups excluding carboxylic acids is 1. The van der Waals surface area contributed by atoms with Gasteiger partial charge in [-0.2, -0.15) is 0 Å². The zero-order valence-corrected chi connectivity index (χ0v) is 22.1. The largest absolute Gasteiger partial charge is 0.382 e. The van der Waals surface area contributed by atoms with Crippen molar-refractivity contribution in [3.05, 3.63) is 66.0 Å². The number of nitrogen functional groups attached to an aromatic ring is 1. The third-order valence-electron chi connectivity index (χ3n) is 4.66. The lowest BCUT2D eigenvalue weighted by Crippen LogP contribution is -2.17. The van der Waals surface area contributed by atoms with Gasteiger partial charge in [0.1, 0.15) is 0 Å². The zero-order valence-electron chi connectivity index (χ0n) is 20.4. The van der Waals surface area contributed by atoms with E-state index in [4.69, 9.17) is 10.3 Å². The second-order valence-corrected chi connectivity index (χ2v) is 11.1. The van der Waals surface area contributed by atoms with Crippen molar-refractivity contribution < 1.29 is 13.5 Å². The highest BCUT2D eigenvalue weighted by Crippen LogP contribution is 2.38. The lowest BCUT2D eigenvalue weighted by atomic mass is 10.1. The molecule has 0 aliphatic carbocycles. The minimum absolute atomic E-state index is 0.0555. The van der Waals surface area contributed by atoms with Crippen molar-refractivity contribution in [3.63, 3.8) is 0 Å². The van der Waals surface area contributed by atoms with Crippen molar-refractivity contribution in [3.8, 4) is 11.3 Å². The first-order valence-corrected chi connectivity index (χ1v) is 14.2. The SMILES string of the molecule is CC.CCO[P@@](CC)CS(=O)c1ccc(NC(=O)c2nc(-c3ccc(C)cc3)cnc2N)cc1. The molecule has 0 aliphatic heterocycles. The number of aryl methyl sites for hydroxylation is 1. The lowest BCUT2D eigenvalue weighted by Gasteiger charge is -2.14. The van der Waals surface area contributed by atoms with E-state index >= 15 is 0 Å². The Morgan fingerprint density at radius 1 is 1.09 bits per heavy atom. The molecule has 0 saturated carbocycles. The number of nitrogens with two attached hydrogens (primary N) is 1. The molecule has 2 atom stereocenters. The number of amides is 1. The number of carbonyl (C=O) groups is 1. The molecular weight excluding hydrogens is 467 g/mol. The maximum absolute atomic E-state index is 12.8. The van der Waals surface area contributed by atoms with Crippen molar-refractivity contribution in [2.24, 2.45) is 0 Å². The van der Waals surface area contributed by atoms with Gasteiger partial charge in [-0.15, -0.1) is 0 Å². The fraction of sp³-hybridized carbons (Fsp3) is 0.320. The fourth-order valence-electron chi connectivity index (χ4n) is 2.92. The van der Waals surface area contributed by atoms with Crippen LogP contribution in [0.15, 0.2) is 59.6 Å². The van der Waals surface area contributed by atoms with Crippen LogP contribution >= 0.6 is 8.15 Å². The number of nitrogens with one attached hydrogen (secondary N) is 1. The second-order valence-electron chi connectivity index (χ2n) is 7.02. The minimum atomic E-state index is -1.15. The van der Waals surface area contributed by atoms with Gasteiger partial charge in [0, 0.05) is 30.9 Å². The summed E-state index contributed by atoms with van der Waals surface area (Å²) in [7, 11) is -1.85. The summed E-state index contributed by atoms with van der Waals surface area (Å²) in [6.07, 6.45) is 2.42. The van der Waals surface area contributed by atoms with Gasteiger partial charge in [0.2, 0.25) is 0 Å². The fourth-order valence-corrected chi connectivity index (χ4v) is 6.58. The van der Waals surface area contributed by atoms with Crippen LogP contribution in [0.4, 0.5) is 11.5 Å². The lowest BCUT2D eigenvalue weighted by molar-refractivity contribution is 0.102. The highest BCUT2D eigenvalue weighted by atomic mass is 32.2. The van der Waals surface area contributed by atoms with E-state index in [0.29, 0.717) is 28.4 Å². The zero-order chi connectivity index (χ0) is 25.1. The summed E-state index contributed by atoms with van der Waals surface area (Å²) in [4.78, 5) is 22.0. The van der Waals surface area contributed by atoms with E-state index in [9.17, 15) is 9.00 Å². The summed E-state index contributed by atoms with van der Waals surface area (Å²) in [5.41, 5.74) is 9.57. The minimum Gasteiger partial charge on any atom is -0.382 e. The highest BCUT2D eigenvalue weighted by molar-refractivity contribution is 7.92. The van der Waals surface area contributed by atoms with Crippen LogP contribution in [-0.4, -0.2) is 38.3 Å². The molecule has 3 aromatic rings. The number of hydrogen-bond acceptors (Lipinski definition) is 6. The van der Waals surface area contributed by atoms with Crippen molar-refractivity contribution in [2.45, 2.75) is 39.5 Å². The van der Waals surface area contributed by atoms with E-state index in [0.717, 1.165) is 17.3 Å². The summed E-state index contributed by atoms with van der Waals surface area (Å²) in [5.74, 6) is -0.399. The molecule has 9 heteroatoms. The van der Waals surface area contributed by atoms with E-state index in [1.807, 2.05) is 58.9 Å². The second kappa shape index (κ2) is 13.9. The summed E-state index contributed by atoms with van der Waals surface area (Å²) in [5, 5.41) is 2.78. The molecule has 1 amide bonds. The Labute approximate surface area is 205 Å². The van der Waals surface area contributed by atoms with Crippen LogP contribution in [0.3, 0.4) is 0 Å². The van der Waals surface area contributed by atoms with Gasteiger partial charge in [-0.3, -0.25) is 9.00 Å². The van der Waals surface area contributed by atoms with E-state index in [1.165, 1.54) is 0 Å². The molecule has 0 saturated heterocycles. The molecule has 0 aliphatic rings.